The second-order valence-electron chi connectivity index (χ2n) is 6.93. The van der Waals surface area contributed by atoms with Crippen molar-refractivity contribution in [2.75, 3.05) is 0 Å². The van der Waals surface area contributed by atoms with Crippen LogP contribution in [0.25, 0.3) is 0 Å². The van der Waals surface area contributed by atoms with Crippen LogP contribution in [0.4, 0.5) is 11.4 Å². The van der Waals surface area contributed by atoms with E-state index < -0.39 is 9.85 Å². The van der Waals surface area contributed by atoms with E-state index in [2.05, 4.69) is 9.98 Å². The van der Waals surface area contributed by atoms with E-state index in [1.54, 1.807) is 0 Å². The number of nitro benzene ring substituents is 2. The molecule has 1 fully saturated rings. The molecule has 0 amide bonds. The fraction of sp³-hybridized carbons (Fsp3) is 0.300. The Labute approximate surface area is 171 Å². The minimum absolute atomic E-state index is 0.123. The smallest absolute Gasteiger partial charge is 0.270 e. The largest absolute Gasteiger partial charge is 0.872 e. The van der Waals surface area contributed by atoms with Gasteiger partial charge < -0.3 is 10.2 Å². The molecule has 10 heteroatoms. The highest BCUT2D eigenvalue weighted by Crippen LogP contribution is 2.26. The van der Waals surface area contributed by atoms with E-state index in [4.69, 9.17) is 0 Å². The highest BCUT2D eigenvalue weighted by atomic mass is 16.6. The van der Waals surface area contributed by atoms with Gasteiger partial charge in [-0.25, -0.2) is 0 Å². The number of benzene rings is 2. The topological polar surface area (TPSA) is 157 Å². The molecule has 1 aliphatic carbocycles. The van der Waals surface area contributed by atoms with Gasteiger partial charge in [0.1, 0.15) is 0 Å². The Balaban J connectivity index is 1.81. The number of non-ortho nitro benzene ring substituents is 2. The van der Waals surface area contributed by atoms with Crippen molar-refractivity contribution in [3.63, 3.8) is 0 Å². The number of hydrogen-bond acceptors (Lipinski definition) is 8. The fourth-order valence-electron chi connectivity index (χ4n) is 3.29. The molecule has 1 saturated carbocycles. The number of nitrogens with zero attached hydrogens (tertiary/aromatic N) is 4. The average Bonchev–Trinajstić information content (AvgIpc) is 2.72. The summed E-state index contributed by atoms with van der Waals surface area (Å²) in [5.41, 5.74) is -0.137. The molecule has 156 valence electrons. The molecule has 0 heterocycles. The second-order valence-corrected chi connectivity index (χ2v) is 6.93. The van der Waals surface area contributed by atoms with Crippen LogP contribution in [0.3, 0.4) is 0 Å². The maximum absolute atomic E-state index is 12.0. The zero-order valence-electron chi connectivity index (χ0n) is 15.8. The monoisotopic (exact) mass is 410 g/mol. The molecule has 0 aromatic heterocycles. The van der Waals surface area contributed by atoms with Crippen LogP contribution in [0.1, 0.15) is 36.8 Å². The van der Waals surface area contributed by atoms with Crippen LogP contribution in [-0.4, -0.2) is 34.4 Å². The Morgan fingerprint density at radius 1 is 0.767 bits per heavy atom. The van der Waals surface area contributed by atoms with E-state index in [0.29, 0.717) is 12.8 Å². The number of rotatable bonds is 6. The Kier molecular flexibility index (Phi) is 6.35. The average molecular weight is 410 g/mol. The molecule has 0 aliphatic heterocycles. The highest BCUT2D eigenvalue weighted by Gasteiger charge is 2.23. The molecule has 1 aliphatic rings. The zero-order valence-corrected chi connectivity index (χ0v) is 15.8. The predicted molar refractivity (Wildman–Crippen MR) is 106 cm³/mol. The van der Waals surface area contributed by atoms with Crippen LogP contribution in [0.5, 0.6) is 11.5 Å². The third kappa shape index (κ3) is 4.96. The van der Waals surface area contributed by atoms with Crippen molar-refractivity contribution >= 4 is 23.8 Å². The standard InChI is InChI=1S/C20H20N4O6/c25-19-7-5-15(23(27)28)9-13(19)11-21-17-3-1-2-4-18(17)22-12-14-10-16(24(29)30)6-8-20(14)26/h5-12,17-18,25-26H,1-4H2/p-2/t17-,18-/m0/s1. The van der Waals surface area contributed by atoms with Crippen LogP contribution in [-0.2, 0) is 0 Å². The fourth-order valence-corrected chi connectivity index (χ4v) is 3.29. The maximum atomic E-state index is 12.0. The molecule has 0 unspecified atom stereocenters. The van der Waals surface area contributed by atoms with E-state index in [-0.39, 0.29) is 46.1 Å². The molecule has 2 aromatic carbocycles. The van der Waals surface area contributed by atoms with Gasteiger partial charge in [-0.2, -0.15) is 0 Å². The van der Waals surface area contributed by atoms with Gasteiger partial charge in [-0.15, -0.1) is 0 Å². The van der Waals surface area contributed by atoms with Gasteiger partial charge in [0.05, 0.1) is 21.9 Å². The van der Waals surface area contributed by atoms with Crippen LogP contribution in [0, 0.1) is 20.2 Å². The summed E-state index contributed by atoms with van der Waals surface area (Å²) >= 11 is 0. The minimum atomic E-state index is -0.579. The summed E-state index contributed by atoms with van der Waals surface area (Å²) in [5.74, 6) is -0.736. The van der Waals surface area contributed by atoms with Crippen molar-refractivity contribution in [3.8, 4) is 11.5 Å². The SMILES string of the molecule is O=[N+]([O-])c1ccc([O-])c(C=N[C@H]2CCCC[C@@H]2N=Cc2cc([N+](=O)[O-])ccc2[O-])c1. The minimum Gasteiger partial charge on any atom is -0.872 e. The molecule has 0 saturated heterocycles. The first-order valence-electron chi connectivity index (χ1n) is 9.32. The summed E-state index contributed by atoms with van der Waals surface area (Å²) in [7, 11) is 0. The third-order valence-corrected chi connectivity index (χ3v) is 4.91. The summed E-state index contributed by atoms with van der Waals surface area (Å²) in [5, 5.41) is 45.7. The summed E-state index contributed by atoms with van der Waals surface area (Å²) < 4.78 is 0. The van der Waals surface area contributed by atoms with Gasteiger partial charge in [-0.3, -0.25) is 30.2 Å². The summed E-state index contributed by atoms with van der Waals surface area (Å²) in [4.78, 5) is 29.5. The van der Waals surface area contributed by atoms with Crippen LogP contribution in [0.15, 0.2) is 46.4 Å². The van der Waals surface area contributed by atoms with Crippen molar-refractivity contribution in [3.05, 3.63) is 67.8 Å². The molecule has 10 nitrogen and oxygen atoms in total. The molecule has 2 atom stereocenters. The Morgan fingerprint density at radius 2 is 1.17 bits per heavy atom. The van der Waals surface area contributed by atoms with Gasteiger partial charge in [0.25, 0.3) is 11.4 Å². The maximum Gasteiger partial charge on any atom is 0.270 e. The molecular weight excluding hydrogens is 392 g/mol. The number of hydrogen-bond donors (Lipinski definition) is 0. The van der Waals surface area contributed by atoms with Gasteiger partial charge in [0, 0.05) is 36.7 Å². The molecule has 0 spiro atoms. The molecule has 30 heavy (non-hydrogen) atoms. The van der Waals surface area contributed by atoms with E-state index in [1.807, 2.05) is 0 Å². The van der Waals surface area contributed by atoms with E-state index >= 15 is 0 Å². The van der Waals surface area contributed by atoms with Crippen LogP contribution >= 0.6 is 0 Å². The first kappa shape index (κ1) is 20.9. The van der Waals surface area contributed by atoms with Gasteiger partial charge in [0.2, 0.25) is 0 Å². The van der Waals surface area contributed by atoms with E-state index in [9.17, 15) is 30.4 Å². The van der Waals surface area contributed by atoms with Gasteiger partial charge >= 0.3 is 0 Å². The van der Waals surface area contributed by atoms with E-state index in [1.165, 1.54) is 24.6 Å². The lowest BCUT2D eigenvalue weighted by Crippen LogP contribution is -2.27. The quantitative estimate of drug-likeness (QED) is 0.404. The molecular formula is C20H18N4O6-2. The molecule has 2 aromatic rings. The first-order chi connectivity index (χ1) is 14.3. The first-order valence-corrected chi connectivity index (χ1v) is 9.32. The third-order valence-electron chi connectivity index (χ3n) is 4.91. The van der Waals surface area contributed by atoms with Gasteiger partial charge in [-0.05, 0) is 24.0 Å². The molecule has 3 rings (SSSR count). The lowest BCUT2D eigenvalue weighted by molar-refractivity contribution is -0.385. The second kappa shape index (κ2) is 9.12. The van der Waals surface area contributed by atoms with Crippen molar-refractivity contribution in [2.24, 2.45) is 9.98 Å². The van der Waals surface area contributed by atoms with Crippen molar-refractivity contribution < 1.29 is 20.1 Å². The van der Waals surface area contributed by atoms with E-state index in [0.717, 1.165) is 37.1 Å². The molecule has 0 radical (unpaired) electrons. The Morgan fingerprint density at radius 3 is 1.53 bits per heavy atom. The summed E-state index contributed by atoms with van der Waals surface area (Å²) in [6.07, 6.45) is 5.91. The van der Waals surface area contributed by atoms with Crippen molar-refractivity contribution in [2.45, 2.75) is 37.8 Å². The highest BCUT2D eigenvalue weighted by molar-refractivity contribution is 5.85. The van der Waals surface area contributed by atoms with Gasteiger partial charge in [-0.1, -0.05) is 36.5 Å². The van der Waals surface area contributed by atoms with Crippen molar-refractivity contribution in [1.82, 2.24) is 0 Å². The summed E-state index contributed by atoms with van der Waals surface area (Å²) in [6.45, 7) is 0. The number of nitro groups is 2. The Hall–Kier alpha value is -3.82. The van der Waals surface area contributed by atoms with Crippen LogP contribution < -0.4 is 10.2 Å². The number of aliphatic imine (C=N–C) groups is 2. The predicted octanol–water partition coefficient (Wildman–Crippen LogP) is 2.50. The zero-order chi connectivity index (χ0) is 21.7. The molecule has 0 bridgehead atoms. The molecule has 0 N–H and O–H groups in total. The van der Waals surface area contributed by atoms with Crippen molar-refractivity contribution in [1.29, 1.82) is 0 Å². The summed E-state index contributed by atoms with van der Waals surface area (Å²) in [6, 6.07) is 6.39. The normalized spacial score (nSPS) is 19.3. The lowest BCUT2D eigenvalue weighted by atomic mass is 9.91. The Bertz CT molecular complexity index is 939. The van der Waals surface area contributed by atoms with Crippen LogP contribution in [0.2, 0.25) is 0 Å². The van der Waals surface area contributed by atoms with Gasteiger partial charge in [0.15, 0.2) is 0 Å². The lowest BCUT2D eigenvalue weighted by Gasteiger charge is -2.26.